The molecule has 0 radical (unpaired) electrons. The normalized spacial score (nSPS) is 12.9. The van der Waals surface area contributed by atoms with E-state index < -0.39 is 6.10 Å². The minimum atomic E-state index is -0.430. The van der Waals surface area contributed by atoms with Gasteiger partial charge in [-0.15, -0.1) is 0 Å². The lowest BCUT2D eigenvalue weighted by atomic mass is 10.2. The Labute approximate surface area is 84.2 Å². The summed E-state index contributed by atoms with van der Waals surface area (Å²) < 4.78 is 5.16. The van der Waals surface area contributed by atoms with E-state index in [-0.39, 0.29) is 0 Å². The molecule has 1 unspecified atom stereocenters. The lowest BCUT2D eigenvalue weighted by molar-refractivity contribution is -0.115. The first-order chi connectivity index (χ1) is 6.86. The van der Waals surface area contributed by atoms with E-state index in [0.29, 0.717) is 6.61 Å². The van der Waals surface area contributed by atoms with Crippen LogP contribution in [0.25, 0.3) is 6.08 Å². The molecule has 0 spiro atoms. The number of rotatable bonds is 5. The molecule has 0 amide bonds. The summed E-state index contributed by atoms with van der Waals surface area (Å²) in [6, 6.07) is 9.82. The summed E-state index contributed by atoms with van der Waals surface area (Å²) in [5, 5.41) is 0. The molecule has 2 nitrogen and oxygen atoms in total. The molecule has 0 fully saturated rings. The highest BCUT2D eigenvalue weighted by atomic mass is 16.5. The van der Waals surface area contributed by atoms with Crippen LogP contribution in [0.4, 0.5) is 0 Å². The summed E-state index contributed by atoms with van der Waals surface area (Å²) >= 11 is 0. The van der Waals surface area contributed by atoms with E-state index in [0.717, 1.165) is 11.8 Å². The number of carbonyl (C=O) groups is 1. The van der Waals surface area contributed by atoms with Gasteiger partial charge in [0.25, 0.3) is 0 Å². The molecular formula is C12H14O2. The molecule has 1 atom stereocenters. The van der Waals surface area contributed by atoms with Crippen molar-refractivity contribution in [1.82, 2.24) is 0 Å². The highest BCUT2D eigenvalue weighted by Crippen LogP contribution is 2.02. The number of hydrogen-bond donors (Lipinski definition) is 0. The van der Waals surface area contributed by atoms with Crippen molar-refractivity contribution in [2.75, 3.05) is 6.61 Å². The Kier molecular flexibility index (Phi) is 4.65. The number of hydrogen-bond acceptors (Lipinski definition) is 2. The first-order valence-corrected chi connectivity index (χ1v) is 4.67. The van der Waals surface area contributed by atoms with Crippen molar-refractivity contribution >= 4 is 12.4 Å². The van der Waals surface area contributed by atoms with E-state index in [1.54, 1.807) is 6.08 Å². The Hall–Kier alpha value is -1.41. The average molecular weight is 190 g/mol. The van der Waals surface area contributed by atoms with Gasteiger partial charge in [0.1, 0.15) is 6.10 Å². The maximum absolute atomic E-state index is 10.5. The highest BCUT2D eigenvalue weighted by molar-refractivity contribution is 5.63. The Morgan fingerprint density at radius 2 is 2.07 bits per heavy atom. The zero-order chi connectivity index (χ0) is 10.2. The maximum atomic E-state index is 10.5. The van der Waals surface area contributed by atoms with Crippen molar-refractivity contribution in [2.45, 2.75) is 13.0 Å². The van der Waals surface area contributed by atoms with E-state index in [9.17, 15) is 4.79 Å². The minimum Gasteiger partial charge on any atom is -0.367 e. The first kappa shape index (κ1) is 10.7. The topological polar surface area (TPSA) is 26.3 Å². The minimum absolute atomic E-state index is 0.430. The summed E-state index contributed by atoms with van der Waals surface area (Å²) in [5.41, 5.74) is 1.07. The van der Waals surface area contributed by atoms with Crippen molar-refractivity contribution in [1.29, 1.82) is 0 Å². The van der Waals surface area contributed by atoms with Crippen LogP contribution in [0.1, 0.15) is 12.5 Å². The molecule has 0 aliphatic rings. The van der Waals surface area contributed by atoms with Crippen LogP contribution in [0.2, 0.25) is 0 Å². The molecular weight excluding hydrogens is 176 g/mol. The fraction of sp³-hybridized carbons (Fsp3) is 0.250. The lowest BCUT2D eigenvalue weighted by Crippen LogP contribution is -2.10. The van der Waals surface area contributed by atoms with Crippen LogP contribution in [0.15, 0.2) is 36.4 Å². The van der Waals surface area contributed by atoms with E-state index in [2.05, 4.69) is 0 Å². The predicted octanol–water partition coefficient (Wildman–Crippen LogP) is 2.30. The second-order valence-electron chi connectivity index (χ2n) is 2.83. The fourth-order valence-electron chi connectivity index (χ4n) is 1.10. The van der Waals surface area contributed by atoms with Gasteiger partial charge in [0.15, 0.2) is 6.29 Å². The van der Waals surface area contributed by atoms with Gasteiger partial charge < -0.3 is 9.53 Å². The lowest BCUT2D eigenvalue weighted by Gasteiger charge is -2.03. The molecule has 0 bridgehead atoms. The third-order valence-electron chi connectivity index (χ3n) is 1.77. The summed E-state index contributed by atoms with van der Waals surface area (Å²) in [7, 11) is 0. The van der Waals surface area contributed by atoms with Crippen LogP contribution in [0.3, 0.4) is 0 Å². The number of carbonyl (C=O) groups excluding carboxylic acids is 1. The second kappa shape index (κ2) is 6.11. The van der Waals surface area contributed by atoms with Gasteiger partial charge in [-0.25, -0.2) is 0 Å². The van der Waals surface area contributed by atoms with E-state index >= 15 is 0 Å². The SMILES string of the molecule is CCOC(C=O)/C=C/c1ccccc1. The number of aldehydes is 1. The highest BCUT2D eigenvalue weighted by Gasteiger charge is 1.99. The third-order valence-corrected chi connectivity index (χ3v) is 1.77. The molecule has 1 rings (SSSR count). The van der Waals surface area contributed by atoms with E-state index in [1.165, 1.54) is 0 Å². The van der Waals surface area contributed by atoms with Gasteiger partial charge in [0, 0.05) is 6.61 Å². The smallest absolute Gasteiger partial charge is 0.152 e. The molecule has 14 heavy (non-hydrogen) atoms. The Morgan fingerprint density at radius 3 is 2.64 bits per heavy atom. The summed E-state index contributed by atoms with van der Waals surface area (Å²) in [5.74, 6) is 0. The molecule has 1 aromatic rings. The van der Waals surface area contributed by atoms with Crippen molar-refractivity contribution < 1.29 is 9.53 Å². The van der Waals surface area contributed by atoms with Crippen molar-refractivity contribution in [3.8, 4) is 0 Å². The maximum Gasteiger partial charge on any atom is 0.152 e. The average Bonchev–Trinajstić information content (AvgIpc) is 2.25. The molecule has 0 saturated carbocycles. The largest absolute Gasteiger partial charge is 0.367 e. The number of benzene rings is 1. The van der Waals surface area contributed by atoms with Crippen LogP contribution in [0, 0.1) is 0 Å². The van der Waals surface area contributed by atoms with Crippen molar-refractivity contribution in [2.24, 2.45) is 0 Å². The molecule has 0 saturated heterocycles. The Bertz CT molecular complexity index is 290. The number of ether oxygens (including phenoxy) is 1. The monoisotopic (exact) mass is 190 g/mol. The zero-order valence-electron chi connectivity index (χ0n) is 8.22. The third kappa shape index (κ3) is 3.54. The van der Waals surface area contributed by atoms with E-state index in [1.807, 2.05) is 43.3 Å². The van der Waals surface area contributed by atoms with Gasteiger partial charge >= 0.3 is 0 Å². The molecule has 0 aromatic heterocycles. The van der Waals surface area contributed by atoms with Gasteiger partial charge in [-0.3, -0.25) is 0 Å². The molecule has 0 aliphatic heterocycles. The van der Waals surface area contributed by atoms with Crippen LogP contribution in [-0.2, 0) is 9.53 Å². The zero-order valence-corrected chi connectivity index (χ0v) is 8.22. The molecule has 0 aliphatic carbocycles. The van der Waals surface area contributed by atoms with Crippen LogP contribution >= 0.6 is 0 Å². The predicted molar refractivity (Wildman–Crippen MR) is 57.0 cm³/mol. The summed E-state index contributed by atoms with van der Waals surface area (Å²) in [6.45, 7) is 2.41. The van der Waals surface area contributed by atoms with Crippen LogP contribution in [-0.4, -0.2) is 19.0 Å². The van der Waals surface area contributed by atoms with Crippen LogP contribution in [0.5, 0.6) is 0 Å². The molecule has 0 heterocycles. The van der Waals surface area contributed by atoms with Crippen molar-refractivity contribution in [3.63, 3.8) is 0 Å². The van der Waals surface area contributed by atoms with Gasteiger partial charge in [-0.2, -0.15) is 0 Å². The molecule has 1 aromatic carbocycles. The molecule has 74 valence electrons. The molecule has 2 heteroatoms. The first-order valence-electron chi connectivity index (χ1n) is 4.67. The summed E-state index contributed by atoms with van der Waals surface area (Å²) in [4.78, 5) is 10.5. The van der Waals surface area contributed by atoms with Gasteiger partial charge in [0.05, 0.1) is 0 Å². The van der Waals surface area contributed by atoms with E-state index in [4.69, 9.17) is 4.74 Å². The van der Waals surface area contributed by atoms with Crippen LogP contribution < -0.4 is 0 Å². The fourth-order valence-corrected chi connectivity index (χ4v) is 1.10. The van der Waals surface area contributed by atoms with Gasteiger partial charge in [0.2, 0.25) is 0 Å². The standard InChI is InChI=1S/C12H14O2/c1-2-14-12(10-13)9-8-11-6-4-3-5-7-11/h3-10,12H,2H2,1H3/b9-8+. The van der Waals surface area contributed by atoms with Gasteiger partial charge in [-0.1, -0.05) is 36.4 Å². The summed E-state index contributed by atoms with van der Waals surface area (Å²) in [6.07, 6.45) is 4.00. The Balaban J connectivity index is 2.58. The second-order valence-corrected chi connectivity index (χ2v) is 2.83. The quantitative estimate of drug-likeness (QED) is 0.666. The molecule has 0 N–H and O–H groups in total. The Morgan fingerprint density at radius 1 is 1.36 bits per heavy atom. The van der Waals surface area contributed by atoms with Gasteiger partial charge in [-0.05, 0) is 18.6 Å². The van der Waals surface area contributed by atoms with Crippen molar-refractivity contribution in [3.05, 3.63) is 42.0 Å².